The Labute approximate surface area is 100 Å². The highest BCUT2D eigenvalue weighted by Crippen LogP contribution is 2.25. The highest BCUT2D eigenvalue weighted by Gasteiger charge is 2.09. The number of H-pyrrole nitrogens is 1. The lowest BCUT2D eigenvalue weighted by molar-refractivity contribution is 1.19. The molecule has 0 aliphatic carbocycles. The number of anilines is 1. The molecule has 2 aromatic heterocycles. The molecule has 0 atom stereocenters. The first-order valence-electron chi connectivity index (χ1n) is 4.89. The van der Waals surface area contributed by atoms with E-state index < -0.39 is 0 Å². The lowest BCUT2D eigenvalue weighted by atomic mass is 10.1. The average Bonchev–Trinajstić information content (AvgIpc) is 2.29. The minimum atomic E-state index is -0.304. The maximum Gasteiger partial charge on any atom is 0.261 e. The number of fused-ring (bicyclic) bond motifs is 3. The summed E-state index contributed by atoms with van der Waals surface area (Å²) in [6, 6.07) is 5.33. The number of nitrogens with zero attached hydrogens (tertiary/aromatic N) is 2. The van der Waals surface area contributed by atoms with Gasteiger partial charge in [0.05, 0.1) is 21.4 Å². The second-order valence-electron chi connectivity index (χ2n) is 3.61. The van der Waals surface area contributed by atoms with Crippen molar-refractivity contribution in [3.8, 4) is 0 Å². The van der Waals surface area contributed by atoms with Gasteiger partial charge >= 0.3 is 0 Å². The van der Waals surface area contributed by atoms with Crippen LogP contribution in [0.5, 0.6) is 0 Å². The van der Waals surface area contributed by atoms with E-state index in [0.717, 1.165) is 0 Å². The Kier molecular flexibility index (Phi) is 2.02. The number of nitrogen functional groups attached to an aromatic ring is 1. The van der Waals surface area contributed by atoms with Crippen molar-refractivity contribution in [3.05, 3.63) is 39.8 Å². The first kappa shape index (κ1) is 10.0. The third-order valence-electron chi connectivity index (χ3n) is 2.54. The van der Waals surface area contributed by atoms with Crippen molar-refractivity contribution in [2.75, 3.05) is 5.73 Å². The molecule has 1 aromatic carbocycles. The van der Waals surface area contributed by atoms with Crippen molar-refractivity contribution in [1.82, 2.24) is 15.0 Å². The molecule has 3 rings (SSSR count). The Morgan fingerprint density at radius 2 is 2.06 bits per heavy atom. The third-order valence-corrected chi connectivity index (χ3v) is 2.84. The van der Waals surface area contributed by atoms with Crippen molar-refractivity contribution in [3.63, 3.8) is 0 Å². The first-order chi connectivity index (χ1) is 8.16. The molecule has 2 heterocycles. The summed E-state index contributed by atoms with van der Waals surface area (Å²) in [4.78, 5) is 22.4. The third kappa shape index (κ3) is 1.43. The number of hydrogen-bond acceptors (Lipinski definition) is 4. The Hall–Kier alpha value is -2.14. The average molecular weight is 247 g/mol. The molecule has 0 unspecified atom stereocenters. The molecule has 17 heavy (non-hydrogen) atoms. The number of pyridine rings is 1. The van der Waals surface area contributed by atoms with Crippen LogP contribution in [0.3, 0.4) is 0 Å². The van der Waals surface area contributed by atoms with Gasteiger partial charge in [-0.15, -0.1) is 0 Å². The van der Waals surface area contributed by atoms with Crippen LogP contribution >= 0.6 is 11.6 Å². The van der Waals surface area contributed by atoms with Gasteiger partial charge in [0.25, 0.3) is 5.56 Å². The number of aromatic amines is 1. The lowest BCUT2D eigenvalue weighted by Crippen LogP contribution is -2.11. The van der Waals surface area contributed by atoms with Crippen molar-refractivity contribution < 1.29 is 0 Å². The van der Waals surface area contributed by atoms with Crippen LogP contribution in [0.4, 0.5) is 5.95 Å². The minimum Gasteiger partial charge on any atom is -0.369 e. The predicted octanol–water partition coefficient (Wildman–Crippen LogP) is 1.71. The molecule has 0 aliphatic heterocycles. The van der Waals surface area contributed by atoms with Gasteiger partial charge in [-0.25, -0.2) is 4.98 Å². The number of rotatable bonds is 0. The van der Waals surface area contributed by atoms with E-state index in [1.807, 2.05) is 6.07 Å². The second-order valence-corrected chi connectivity index (χ2v) is 4.01. The van der Waals surface area contributed by atoms with Gasteiger partial charge in [-0.1, -0.05) is 23.7 Å². The molecule has 0 saturated heterocycles. The monoisotopic (exact) mass is 246 g/mol. The number of halogens is 1. The maximum absolute atomic E-state index is 11.7. The van der Waals surface area contributed by atoms with Crippen LogP contribution in [0.1, 0.15) is 0 Å². The van der Waals surface area contributed by atoms with Crippen LogP contribution in [0.15, 0.2) is 29.2 Å². The van der Waals surface area contributed by atoms with Crippen LogP contribution in [-0.2, 0) is 0 Å². The largest absolute Gasteiger partial charge is 0.369 e. The molecule has 5 nitrogen and oxygen atoms in total. The standard InChI is InChI=1S/C11H7ClN4O/c12-7-3-1-2-5-8-6(4-14-9(5)7)10(17)16-11(13)15-8/h1-4H,(H3,13,15,16,17). The molecule has 6 heteroatoms. The zero-order valence-electron chi connectivity index (χ0n) is 8.57. The SMILES string of the molecule is Nc1nc2c(cnc3c(Cl)cccc32)c(=O)[nH]1. The van der Waals surface area contributed by atoms with Gasteiger partial charge in [0.2, 0.25) is 5.95 Å². The molecule has 0 fully saturated rings. The maximum atomic E-state index is 11.7. The molecular formula is C11H7ClN4O. The molecule has 0 amide bonds. The summed E-state index contributed by atoms with van der Waals surface area (Å²) >= 11 is 6.03. The normalized spacial score (nSPS) is 11.1. The Morgan fingerprint density at radius 1 is 1.24 bits per heavy atom. The predicted molar refractivity (Wildman–Crippen MR) is 67.1 cm³/mol. The molecule has 0 saturated carbocycles. The van der Waals surface area contributed by atoms with E-state index in [-0.39, 0.29) is 11.5 Å². The van der Waals surface area contributed by atoms with Crippen molar-refractivity contribution in [2.24, 2.45) is 0 Å². The zero-order chi connectivity index (χ0) is 12.0. The fraction of sp³-hybridized carbons (Fsp3) is 0. The Balaban J connectivity index is 2.65. The molecule has 84 valence electrons. The number of hydrogen-bond donors (Lipinski definition) is 2. The van der Waals surface area contributed by atoms with E-state index in [2.05, 4.69) is 15.0 Å². The topological polar surface area (TPSA) is 84.7 Å². The van der Waals surface area contributed by atoms with Gasteiger partial charge in [0.1, 0.15) is 0 Å². The van der Waals surface area contributed by atoms with Crippen LogP contribution in [-0.4, -0.2) is 15.0 Å². The first-order valence-corrected chi connectivity index (χ1v) is 5.27. The van der Waals surface area contributed by atoms with E-state index >= 15 is 0 Å². The number of nitrogens with two attached hydrogens (primary N) is 1. The van der Waals surface area contributed by atoms with Gasteiger partial charge in [-0.3, -0.25) is 14.8 Å². The van der Waals surface area contributed by atoms with Gasteiger partial charge < -0.3 is 5.73 Å². The summed E-state index contributed by atoms with van der Waals surface area (Å²) in [7, 11) is 0. The molecular weight excluding hydrogens is 240 g/mol. The summed E-state index contributed by atoms with van der Waals surface area (Å²) in [5, 5.41) is 1.63. The smallest absolute Gasteiger partial charge is 0.261 e. The summed E-state index contributed by atoms with van der Waals surface area (Å²) < 4.78 is 0. The Bertz CT molecular complexity index is 796. The molecule has 0 radical (unpaired) electrons. The highest BCUT2D eigenvalue weighted by molar-refractivity contribution is 6.35. The fourth-order valence-electron chi connectivity index (χ4n) is 1.79. The van der Waals surface area contributed by atoms with E-state index in [9.17, 15) is 4.79 Å². The van der Waals surface area contributed by atoms with Crippen molar-refractivity contribution in [2.45, 2.75) is 0 Å². The molecule has 0 bridgehead atoms. The molecule has 3 N–H and O–H groups in total. The summed E-state index contributed by atoms with van der Waals surface area (Å²) in [5.74, 6) is 0.0787. The summed E-state index contributed by atoms with van der Waals surface area (Å²) in [5.41, 5.74) is 6.35. The van der Waals surface area contributed by atoms with Crippen LogP contribution < -0.4 is 11.3 Å². The van der Waals surface area contributed by atoms with Gasteiger partial charge in [-0.2, -0.15) is 0 Å². The van der Waals surface area contributed by atoms with Crippen molar-refractivity contribution in [1.29, 1.82) is 0 Å². The molecule has 3 aromatic rings. The Morgan fingerprint density at radius 3 is 2.88 bits per heavy atom. The lowest BCUT2D eigenvalue weighted by Gasteiger charge is -2.03. The summed E-state index contributed by atoms with van der Waals surface area (Å²) in [6.45, 7) is 0. The van der Waals surface area contributed by atoms with Crippen LogP contribution in [0.2, 0.25) is 5.02 Å². The zero-order valence-corrected chi connectivity index (χ0v) is 9.32. The van der Waals surface area contributed by atoms with E-state index in [0.29, 0.717) is 26.8 Å². The highest BCUT2D eigenvalue weighted by atomic mass is 35.5. The minimum absolute atomic E-state index is 0.0787. The van der Waals surface area contributed by atoms with Crippen LogP contribution in [0.25, 0.3) is 21.8 Å². The van der Waals surface area contributed by atoms with Gasteiger partial charge in [0, 0.05) is 11.6 Å². The van der Waals surface area contributed by atoms with Crippen LogP contribution in [0, 0.1) is 0 Å². The molecule has 0 aliphatic rings. The van der Waals surface area contributed by atoms with E-state index in [4.69, 9.17) is 17.3 Å². The van der Waals surface area contributed by atoms with E-state index in [1.165, 1.54) is 6.20 Å². The number of benzene rings is 1. The number of nitrogens with one attached hydrogen (secondary N) is 1. The van der Waals surface area contributed by atoms with Gasteiger partial charge in [0.15, 0.2) is 0 Å². The molecule has 0 spiro atoms. The quantitative estimate of drug-likeness (QED) is 0.592. The second kappa shape index (κ2) is 3.43. The number of aromatic nitrogens is 3. The van der Waals surface area contributed by atoms with Gasteiger partial charge in [-0.05, 0) is 6.07 Å². The van der Waals surface area contributed by atoms with E-state index in [1.54, 1.807) is 12.1 Å². The fourth-order valence-corrected chi connectivity index (χ4v) is 2.01. The number of para-hydroxylation sites is 1. The summed E-state index contributed by atoms with van der Waals surface area (Å²) in [6.07, 6.45) is 1.45. The van der Waals surface area contributed by atoms with Crippen molar-refractivity contribution >= 4 is 39.4 Å².